The topological polar surface area (TPSA) is 46.2 Å². The van der Waals surface area contributed by atoms with Crippen LogP contribution in [0.3, 0.4) is 0 Å². The average molecular weight is 645 g/mol. The fourth-order valence-electron chi connectivity index (χ4n) is 3.57. The molecule has 0 radical (unpaired) electrons. The number of benzene rings is 2. The molecule has 0 N–H and O–H groups in total. The standard InChI is InChI=1S/C35H60O5Si3/c1-33(2,3)41(12,13)38-30-23-26(19-18-20-27-25-28(36-10)21-22-29(27)37-11)24-31(39-42(14,15)34(4,5)6)32(30)40-43(16,17)35(7,8)9/h18-19,21-25H,20H2,1-17H3/b19-18-. The molecule has 0 aliphatic carbocycles. The molecular formula is C35H60O5Si3. The van der Waals surface area contributed by atoms with Gasteiger partial charge in [0.1, 0.15) is 23.0 Å². The minimum absolute atomic E-state index is 0.0177. The van der Waals surface area contributed by atoms with Crippen LogP contribution in [0.4, 0.5) is 0 Å². The Balaban J connectivity index is 2.78. The van der Waals surface area contributed by atoms with E-state index in [1.54, 1.807) is 14.2 Å². The molecule has 0 saturated heterocycles. The smallest absolute Gasteiger partial charge is 0.250 e. The van der Waals surface area contributed by atoms with E-state index in [0.29, 0.717) is 6.42 Å². The normalized spacial score (nSPS) is 13.7. The van der Waals surface area contributed by atoms with Gasteiger partial charge >= 0.3 is 0 Å². The number of methoxy groups -OCH3 is 2. The highest BCUT2D eigenvalue weighted by atomic mass is 28.4. The molecule has 0 fully saturated rings. The van der Waals surface area contributed by atoms with Gasteiger partial charge in [0.15, 0.2) is 5.75 Å². The SMILES string of the molecule is COc1ccc(OC)c(C/C=C\c2cc(O[Si](C)(C)C(C)(C)C)c(O[Si](C)(C)C(C)(C)C)c(O[Si](C)(C)C(C)(C)C)c2)c1. The van der Waals surface area contributed by atoms with Crippen molar-refractivity contribution in [2.75, 3.05) is 14.2 Å². The first kappa shape index (κ1) is 37.0. The minimum atomic E-state index is -2.23. The second-order valence-electron chi connectivity index (χ2n) is 16.2. The molecule has 0 amide bonds. The first-order chi connectivity index (χ1) is 19.3. The van der Waals surface area contributed by atoms with Crippen LogP contribution in [-0.2, 0) is 6.42 Å². The van der Waals surface area contributed by atoms with Crippen molar-refractivity contribution in [3.05, 3.63) is 47.5 Å². The van der Waals surface area contributed by atoms with E-state index in [1.807, 2.05) is 18.2 Å². The molecule has 0 bridgehead atoms. The molecule has 8 heteroatoms. The lowest BCUT2D eigenvalue weighted by Gasteiger charge is -2.42. The highest BCUT2D eigenvalue weighted by Crippen LogP contribution is 2.50. The lowest BCUT2D eigenvalue weighted by Crippen LogP contribution is -2.47. The number of hydrogen-bond acceptors (Lipinski definition) is 5. The van der Waals surface area contributed by atoms with Crippen LogP contribution in [0, 0.1) is 0 Å². The maximum Gasteiger partial charge on any atom is 0.250 e. The third kappa shape index (κ3) is 9.17. The number of allylic oxidation sites excluding steroid dienone is 1. The summed E-state index contributed by atoms with van der Waals surface area (Å²) in [4.78, 5) is 0. The van der Waals surface area contributed by atoms with Crippen molar-refractivity contribution in [2.24, 2.45) is 0 Å². The zero-order valence-electron chi connectivity index (χ0n) is 30.3. The first-order valence-electron chi connectivity index (χ1n) is 15.5. The van der Waals surface area contributed by atoms with Crippen molar-refractivity contribution in [3.8, 4) is 28.7 Å². The lowest BCUT2D eigenvalue weighted by atomic mass is 10.1. The fraction of sp³-hybridized carbons (Fsp3) is 0.600. The molecule has 242 valence electrons. The number of hydrogen-bond donors (Lipinski definition) is 0. The molecule has 0 aliphatic rings. The molecule has 0 aliphatic heterocycles. The summed E-state index contributed by atoms with van der Waals surface area (Å²) >= 11 is 0. The summed E-state index contributed by atoms with van der Waals surface area (Å²) in [6.07, 6.45) is 5.00. The van der Waals surface area contributed by atoms with Crippen LogP contribution >= 0.6 is 0 Å². The summed E-state index contributed by atoms with van der Waals surface area (Å²) < 4.78 is 32.3. The van der Waals surface area contributed by atoms with Gasteiger partial charge in [0.05, 0.1) is 14.2 Å². The summed E-state index contributed by atoms with van der Waals surface area (Å²) in [5.74, 6) is 3.98. The van der Waals surface area contributed by atoms with Gasteiger partial charge in [0.2, 0.25) is 0 Å². The second kappa shape index (κ2) is 13.1. The Hall–Kier alpha value is -2.17. The van der Waals surface area contributed by atoms with Crippen LogP contribution < -0.4 is 22.8 Å². The van der Waals surface area contributed by atoms with E-state index in [2.05, 4.69) is 126 Å². The quantitative estimate of drug-likeness (QED) is 0.228. The third-order valence-electron chi connectivity index (χ3n) is 9.68. The van der Waals surface area contributed by atoms with Crippen molar-refractivity contribution in [3.63, 3.8) is 0 Å². The van der Waals surface area contributed by atoms with Crippen LogP contribution in [0.25, 0.3) is 6.08 Å². The summed E-state index contributed by atoms with van der Waals surface area (Å²) in [6, 6.07) is 10.2. The van der Waals surface area contributed by atoms with Gasteiger partial charge < -0.3 is 22.8 Å². The summed E-state index contributed by atoms with van der Waals surface area (Å²) in [6.45, 7) is 34.1. The van der Waals surface area contributed by atoms with Gasteiger partial charge in [-0.05, 0) is 96.7 Å². The van der Waals surface area contributed by atoms with E-state index in [4.69, 9.17) is 22.8 Å². The van der Waals surface area contributed by atoms with Crippen LogP contribution in [0.1, 0.15) is 73.4 Å². The molecule has 0 saturated carbocycles. The van der Waals surface area contributed by atoms with Gasteiger partial charge in [-0.3, -0.25) is 0 Å². The summed E-state index contributed by atoms with van der Waals surface area (Å²) in [5.41, 5.74) is 2.08. The Morgan fingerprint density at radius 2 is 1.02 bits per heavy atom. The van der Waals surface area contributed by atoms with E-state index < -0.39 is 25.0 Å². The van der Waals surface area contributed by atoms with Crippen LogP contribution in [0.2, 0.25) is 54.4 Å². The van der Waals surface area contributed by atoms with Gasteiger partial charge in [0, 0.05) is 5.56 Å². The van der Waals surface area contributed by atoms with Crippen molar-refractivity contribution in [1.82, 2.24) is 0 Å². The Labute approximate surface area is 266 Å². The van der Waals surface area contributed by atoms with Crippen molar-refractivity contribution >= 4 is 31.0 Å². The zero-order chi connectivity index (χ0) is 33.2. The monoisotopic (exact) mass is 644 g/mol. The van der Waals surface area contributed by atoms with Crippen LogP contribution in [-0.4, -0.2) is 39.2 Å². The molecule has 2 aromatic rings. The molecule has 2 rings (SSSR count). The number of ether oxygens (including phenoxy) is 2. The van der Waals surface area contributed by atoms with E-state index >= 15 is 0 Å². The zero-order valence-corrected chi connectivity index (χ0v) is 33.3. The van der Waals surface area contributed by atoms with E-state index in [0.717, 1.165) is 39.9 Å². The summed E-state index contributed by atoms with van der Waals surface area (Å²) in [7, 11) is -3.27. The molecular weight excluding hydrogens is 585 g/mol. The van der Waals surface area contributed by atoms with Gasteiger partial charge in [0.25, 0.3) is 25.0 Å². The van der Waals surface area contributed by atoms with Gasteiger partial charge in [-0.2, -0.15) is 0 Å². The molecule has 0 atom stereocenters. The molecule has 0 spiro atoms. The van der Waals surface area contributed by atoms with Gasteiger partial charge in [-0.1, -0.05) is 74.5 Å². The largest absolute Gasteiger partial charge is 0.541 e. The third-order valence-corrected chi connectivity index (χ3v) is 22.7. The Morgan fingerprint density at radius 1 is 0.581 bits per heavy atom. The van der Waals surface area contributed by atoms with Crippen LogP contribution in [0.5, 0.6) is 28.7 Å². The molecule has 0 unspecified atom stereocenters. The van der Waals surface area contributed by atoms with Crippen LogP contribution in [0.15, 0.2) is 36.4 Å². The molecule has 5 nitrogen and oxygen atoms in total. The Kier molecular flexibility index (Phi) is 11.2. The molecule has 2 aromatic carbocycles. The van der Waals surface area contributed by atoms with Gasteiger partial charge in [-0.15, -0.1) is 0 Å². The van der Waals surface area contributed by atoms with Crippen molar-refractivity contribution in [1.29, 1.82) is 0 Å². The predicted molar refractivity (Wildman–Crippen MR) is 192 cm³/mol. The minimum Gasteiger partial charge on any atom is -0.541 e. The second-order valence-corrected chi connectivity index (χ2v) is 30.4. The molecule has 0 aromatic heterocycles. The van der Waals surface area contributed by atoms with E-state index in [9.17, 15) is 0 Å². The maximum atomic E-state index is 7.11. The summed E-state index contributed by atoms with van der Waals surface area (Å²) in [5, 5.41) is 0.0662. The maximum absolute atomic E-state index is 7.11. The highest BCUT2D eigenvalue weighted by Gasteiger charge is 2.45. The van der Waals surface area contributed by atoms with Crippen molar-refractivity contribution < 1.29 is 22.8 Å². The van der Waals surface area contributed by atoms with Crippen molar-refractivity contribution in [2.45, 2.75) is 123 Å². The Bertz CT molecular complexity index is 1230. The molecule has 0 heterocycles. The Morgan fingerprint density at radius 3 is 1.42 bits per heavy atom. The predicted octanol–water partition coefficient (Wildman–Crippen LogP) is 11.1. The molecule has 43 heavy (non-hydrogen) atoms. The number of rotatable bonds is 11. The van der Waals surface area contributed by atoms with Gasteiger partial charge in [-0.25, -0.2) is 0 Å². The van der Waals surface area contributed by atoms with E-state index in [-0.39, 0.29) is 15.1 Å². The fourth-order valence-corrected chi connectivity index (χ4v) is 6.61. The lowest BCUT2D eigenvalue weighted by molar-refractivity contribution is 0.399. The first-order valence-corrected chi connectivity index (χ1v) is 24.2. The average Bonchev–Trinajstić information content (AvgIpc) is 2.83. The highest BCUT2D eigenvalue weighted by molar-refractivity contribution is 6.76. The van der Waals surface area contributed by atoms with E-state index in [1.165, 1.54) is 0 Å².